The fourth-order valence-electron chi connectivity index (χ4n) is 2.00. The molecule has 0 bridgehead atoms. The molecular formula is C17H20N2O3. The second kappa shape index (κ2) is 7.56. The maximum Gasteiger partial charge on any atom is 0.227 e. The molecule has 22 heavy (non-hydrogen) atoms. The van der Waals surface area contributed by atoms with Crippen LogP contribution in [-0.4, -0.2) is 22.6 Å². The van der Waals surface area contributed by atoms with Crippen LogP contribution in [0.3, 0.4) is 0 Å². The Morgan fingerprint density at radius 1 is 1.32 bits per heavy atom. The van der Waals surface area contributed by atoms with Gasteiger partial charge in [0.15, 0.2) is 0 Å². The number of aliphatic hydroxyl groups is 1. The molecule has 0 aliphatic rings. The summed E-state index contributed by atoms with van der Waals surface area (Å²) in [5, 5.41) is 11.9. The Morgan fingerprint density at radius 2 is 2.14 bits per heavy atom. The van der Waals surface area contributed by atoms with E-state index in [-0.39, 0.29) is 18.9 Å². The molecule has 5 nitrogen and oxygen atoms in total. The number of amides is 1. The molecule has 2 rings (SSSR count). The van der Waals surface area contributed by atoms with E-state index >= 15 is 0 Å². The van der Waals surface area contributed by atoms with Crippen LogP contribution in [0.25, 0.3) is 0 Å². The Morgan fingerprint density at radius 3 is 2.91 bits per heavy atom. The number of carbonyl (C=O) groups is 1. The third-order valence-electron chi connectivity index (χ3n) is 3.29. The number of carbonyl (C=O) groups excluding carboxylic acids is 1. The molecule has 0 spiro atoms. The molecule has 1 aromatic heterocycles. The highest BCUT2D eigenvalue weighted by molar-refractivity contribution is 5.91. The molecule has 1 aromatic carbocycles. The fourth-order valence-corrected chi connectivity index (χ4v) is 2.00. The SMILES string of the molecule is Cc1ccc(C)c(OCCC(=O)Nc2cnccc2CO)c1. The van der Waals surface area contributed by atoms with Gasteiger partial charge < -0.3 is 15.2 Å². The van der Waals surface area contributed by atoms with Crippen LogP contribution in [0.15, 0.2) is 36.7 Å². The first kappa shape index (κ1) is 16.0. The highest BCUT2D eigenvalue weighted by atomic mass is 16.5. The zero-order valence-electron chi connectivity index (χ0n) is 12.8. The van der Waals surface area contributed by atoms with E-state index < -0.39 is 0 Å². The standard InChI is InChI=1S/C17H20N2O3/c1-12-3-4-13(2)16(9-12)22-8-6-17(21)19-15-10-18-7-5-14(15)11-20/h3-5,7,9-10,20H,6,8,11H2,1-2H3,(H,19,21). The van der Waals surface area contributed by atoms with Crippen molar-refractivity contribution >= 4 is 11.6 Å². The van der Waals surface area contributed by atoms with Gasteiger partial charge in [0.25, 0.3) is 0 Å². The first-order valence-electron chi connectivity index (χ1n) is 7.14. The van der Waals surface area contributed by atoms with Gasteiger partial charge >= 0.3 is 0 Å². The minimum atomic E-state index is -0.173. The quantitative estimate of drug-likeness (QED) is 0.860. The van der Waals surface area contributed by atoms with Crippen LogP contribution < -0.4 is 10.1 Å². The smallest absolute Gasteiger partial charge is 0.227 e. The lowest BCUT2D eigenvalue weighted by atomic mass is 10.1. The van der Waals surface area contributed by atoms with Crippen molar-refractivity contribution in [3.63, 3.8) is 0 Å². The number of benzene rings is 1. The predicted molar refractivity (Wildman–Crippen MR) is 84.8 cm³/mol. The van der Waals surface area contributed by atoms with E-state index in [1.165, 1.54) is 6.20 Å². The third-order valence-corrected chi connectivity index (χ3v) is 3.29. The summed E-state index contributed by atoms with van der Waals surface area (Å²) < 4.78 is 5.66. The third kappa shape index (κ3) is 4.30. The van der Waals surface area contributed by atoms with Crippen molar-refractivity contribution in [2.24, 2.45) is 0 Å². The summed E-state index contributed by atoms with van der Waals surface area (Å²) in [4.78, 5) is 15.9. The van der Waals surface area contributed by atoms with Crippen LogP contribution in [0, 0.1) is 13.8 Å². The lowest BCUT2D eigenvalue weighted by molar-refractivity contribution is -0.116. The van der Waals surface area contributed by atoms with Gasteiger partial charge in [-0.15, -0.1) is 0 Å². The van der Waals surface area contributed by atoms with E-state index in [0.29, 0.717) is 17.9 Å². The van der Waals surface area contributed by atoms with E-state index in [4.69, 9.17) is 4.74 Å². The molecule has 1 amide bonds. The van der Waals surface area contributed by atoms with Crippen molar-refractivity contribution in [1.29, 1.82) is 0 Å². The second-order valence-electron chi connectivity index (χ2n) is 5.11. The van der Waals surface area contributed by atoms with Gasteiger partial charge in [-0.3, -0.25) is 9.78 Å². The Bertz CT molecular complexity index is 656. The molecule has 1 heterocycles. The van der Waals surface area contributed by atoms with E-state index in [1.807, 2.05) is 32.0 Å². The van der Waals surface area contributed by atoms with Crippen molar-refractivity contribution in [1.82, 2.24) is 4.98 Å². The molecule has 0 aliphatic carbocycles. The average Bonchev–Trinajstić information content (AvgIpc) is 2.51. The van der Waals surface area contributed by atoms with Crippen molar-refractivity contribution < 1.29 is 14.6 Å². The monoisotopic (exact) mass is 300 g/mol. The number of aryl methyl sites for hydroxylation is 2. The Balaban J connectivity index is 1.87. The van der Waals surface area contributed by atoms with Crippen molar-refractivity contribution in [2.75, 3.05) is 11.9 Å². The summed E-state index contributed by atoms with van der Waals surface area (Å²) >= 11 is 0. The minimum Gasteiger partial charge on any atom is -0.493 e. The first-order valence-corrected chi connectivity index (χ1v) is 7.14. The van der Waals surface area contributed by atoms with Gasteiger partial charge in [0.05, 0.1) is 31.5 Å². The van der Waals surface area contributed by atoms with Crippen LogP contribution >= 0.6 is 0 Å². The molecule has 5 heteroatoms. The number of pyridine rings is 1. The van der Waals surface area contributed by atoms with Gasteiger partial charge in [-0.05, 0) is 37.1 Å². The number of nitrogens with one attached hydrogen (secondary N) is 1. The molecule has 0 atom stereocenters. The number of anilines is 1. The van der Waals surface area contributed by atoms with Crippen LogP contribution in [0.1, 0.15) is 23.1 Å². The van der Waals surface area contributed by atoms with Crippen molar-refractivity contribution in [3.05, 3.63) is 53.3 Å². The highest BCUT2D eigenvalue weighted by Crippen LogP contribution is 2.19. The molecule has 0 unspecified atom stereocenters. The predicted octanol–water partition coefficient (Wildman–Crippen LogP) is 2.60. The number of hydrogen-bond donors (Lipinski definition) is 2. The minimum absolute atomic E-state index is 0.142. The molecule has 0 radical (unpaired) electrons. The summed E-state index contributed by atoms with van der Waals surface area (Å²) in [6.45, 7) is 4.12. The van der Waals surface area contributed by atoms with Gasteiger partial charge in [-0.2, -0.15) is 0 Å². The van der Waals surface area contributed by atoms with Crippen LogP contribution in [0.2, 0.25) is 0 Å². The summed E-state index contributed by atoms with van der Waals surface area (Å²) in [6.07, 6.45) is 3.33. The summed E-state index contributed by atoms with van der Waals surface area (Å²) in [5.41, 5.74) is 3.33. The molecule has 2 aromatic rings. The topological polar surface area (TPSA) is 71.5 Å². The number of aromatic nitrogens is 1. The zero-order valence-corrected chi connectivity index (χ0v) is 12.8. The number of rotatable bonds is 6. The zero-order chi connectivity index (χ0) is 15.9. The number of aliphatic hydroxyl groups excluding tert-OH is 1. The summed E-state index contributed by atoms with van der Waals surface area (Å²) in [6, 6.07) is 7.64. The molecule has 0 aliphatic heterocycles. The second-order valence-corrected chi connectivity index (χ2v) is 5.11. The Kier molecular flexibility index (Phi) is 5.49. The lowest BCUT2D eigenvalue weighted by Gasteiger charge is -2.11. The van der Waals surface area contributed by atoms with Crippen LogP contribution in [-0.2, 0) is 11.4 Å². The molecule has 0 saturated heterocycles. The maximum absolute atomic E-state index is 11.9. The van der Waals surface area contributed by atoms with Gasteiger partial charge in [0.1, 0.15) is 5.75 Å². The van der Waals surface area contributed by atoms with E-state index in [2.05, 4.69) is 10.3 Å². The molecular weight excluding hydrogens is 280 g/mol. The van der Waals surface area contributed by atoms with Crippen molar-refractivity contribution in [2.45, 2.75) is 26.9 Å². The molecule has 0 saturated carbocycles. The van der Waals surface area contributed by atoms with Gasteiger partial charge in [0, 0.05) is 11.8 Å². The molecule has 0 fully saturated rings. The van der Waals surface area contributed by atoms with Gasteiger partial charge in [0.2, 0.25) is 5.91 Å². The van der Waals surface area contributed by atoms with Crippen molar-refractivity contribution in [3.8, 4) is 5.75 Å². The Hall–Kier alpha value is -2.40. The van der Waals surface area contributed by atoms with Crippen LogP contribution in [0.5, 0.6) is 5.75 Å². The Labute approximate surface area is 130 Å². The number of hydrogen-bond acceptors (Lipinski definition) is 4. The average molecular weight is 300 g/mol. The normalized spacial score (nSPS) is 10.3. The maximum atomic E-state index is 11.9. The largest absolute Gasteiger partial charge is 0.493 e. The van der Waals surface area contributed by atoms with Gasteiger partial charge in [-0.1, -0.05) is 12.1 Å². The molecule has 2 N–H and O–H groups in total. The van der Waals surface area contributed by atoms with E-state index in [1.54, 1.807) is 12.3 Å². The molecule has 116 valence electrons. The first-order chi connectivity index (χ1) is 10.6. The number of nitrogens with zero attached hydrogens (tertiary/aromatic N) is 1. The van der Waals surface area contributed by atoms with E-state index in [0.717, 1.165) is 16.9 Å². The number of ether oxygens (including phenoxy) is 1. The van der Waals surface area contributed by atoms with Gasteiger partial charge in [-0.25, -0.2) is 0 Å². The van der Waals surface area contributed by atoms with Crippen LogP contribution in [0.4, 0.5) is 5.69 Å². The summed E-state index contributed by atoms with van der Waals surface area (Å²) in [5.74, 6) is 0.623. The summed E-state index contributed by atoms with van der Waals surface area (Å²) in [7, 11) is 0. The fraction of sp³-hybridized carbons (Fsp3) is 0.294. The highest BCUT2D eigenvalue weighted by Gasteiger charge is 2.07. The van der Waals surface area contributed by atoms with E-state index in [9.17, 15) is 9.90 Å². The lowest BCUT2D eigenvalue weighted by Crippen LogP contribution is -2.16.